The lowest BCUT2D eigenvalue weighted by Crippen LogP contribution is -2.31. The van der Waals surface area contributed by atoms with Gasteiger partial charge in [-0.3, -0.25) is 14.5 Å². The Morgan fingerprint density at radius 1 is 1.12 bits per heavy atom. The molecule has 2 N–H and O–H groups in total. The van der Waals surface area contributed by atoms with Crippen molar-refractivity contribution in [1.29, 1.82) is 0 Å². The monoisotopic (exact) mass is 363 g/mol. The fourth-order valence-corrected chi connectivity index (χ4v) is 2.63. The van der Waals surface area contributed by atoms with Crippen LogP contribution in [0.1, 0.15) is 40.5 Å². The third-order valence-electron chi connectivity index (χ3n) is 3.91. The molecule has 0 bridgehead atoms. The highest BCUT2D eigenvalue weighted by Crippen LogP contribution is 2.26. The maximum absolute atomic E-state index is 12.4. The van der Waals surface area contributed by atoms with Crippen LogP contribution < -0.4 is 10.6 Å². The molecule has 8 heteroatoms. The van der Waals surface area contributed by atoms with E-state index in [2.05, 4.69) is 10.6 Å². The van der Waals surface area contributed by atoms with Crippen molar-refractivity contribution in [2.24, 2.45) is 0 Å². The Balaban J connectivity index is 1.92. The first kappa shape index (κ1) is 19.9. The first-order valence-electron chi connectivity index (χ1n) is 8.70. The van der Waals surface area contributed by atoms with Gasteiger partial charge in [0.15, 0.2) is 0 Å². The van der Waals surface area contributed by atoms with E-state index in [1.807, 2.05) is 6.92 Å². The summed E-state index contributed by atoms with van der Waals surface area (Å²) in [4.78, 5) is 37.8. The number of rotatable bonds is 10. The Morgan fingerprint density at radius 2 is 1.88 bits per heavy atom. The lowest BCUT2D eigenvalue weighted by Gasteiger charge is -2.12. The fourth-order valence-electron chi connectivity index (χ4n) is 2.63. The Hall–Kier alpha value is -2.45. The first-order valence-corrected chi connectivity index (χ1v) is 8.70. The second kappa shape index (κ2) is 9.88. The predicted octanol–water partition coefficient (Wildman–Crippen LogP) is 1.87. The summed E-state index contributed by atoms with van der Waals surface area (Å²) in [6, 6.07) is 4.35. The molecule has 1 aliphatic heterocycles. The molecule has 1 aromatic rings. The fraction of sp³-hybridized carbons (Fsp3) is 0.500. The summed E-state index contributed by atoms with van der Waals surface area (Å²) in [5, 5.41) is 5.39. The highest BCUT2D eigenvalue weighted by Gasteiger charge is 2.35. The number of fused-ring (bicyclic) bond motifs is 1. The summed E-state index contributed by atoms with van der Waals surface area (Å²) in [7, 11) is 1.57. The van der Waals surface area contributed by atoms with Crippen LogP contribution in [0.3, 0.4) is 0 Å². The summed E-state index contributed by atoms with van der Waals surface area (Å²) in [5.74, 6) is -0.657. The van der Waals surface area contributed by atoms with Crippen LogP contribution in [-0.2, 0) is 9.47 Å². The van der Waals surface area contributed by atoms with Gasteiger partial charge in [0.1, 0.15) is 0 Å². The second-order valence-electron chi connectivity index (χ2n) is 5.80. The van der Waals surface area contributed by atoms with Crippen LogP contribution in [0, 0.1) is 0 Å². The number of imide groups is 1. The lowest BCUT2D eigenvalue weighted by atomic mass is 10.1. The number of anilines is 1. The molecular formula is C18H25N3O5. The average molecular weight is 363 g/mol. The summed E-state index contributed by atoms with van der Waals surface area (Å²) < 4.78 is 10.2. The van der Waals surface area contributed by atoms with E-state index in [4.69, 9.17) is 9.47 Å². The molecule has 0 saturated carbocycles. The summed E-state index contributed by atoms with van der Waals surface area (Å²) >= 11 is 0. The van der Waals surface area contributed by atoms with Crippen LogP contribution >= 0.6 is 0 Å². The Bertz CT molecular complexity index is 662. The van der Waals surface area contributed by atoms with Crippen LogP contribution in [0.5, 0.6) is 0 Å². The van der Waals surface area contributed by atoms with Gasteiger partial charge in [-0.2, -0.15) is 0 Å². The molecule has 0 aliphatic carbocycles. The Labute approximate surface area is 152 Å². The van der Waals surface area contributed by atoms with E-state index in [0.717, 1.165) is 6.42 Å². The quantitative estimate of drug-likeness (QED) is 0.489. The third kappa shape index (κ3) is 5.03. The van der Waals surface area contributed by atoms with Crippen molar-refractivity contribution >= 4 is 23.5 Å². The first-order chi connectivity index (χ1) is 12.6. The van der Waals surface area contributed by atoms with Gasteiger partial charge >= 0.3 is 6.03 Å². The van der Waals surface area contributed by atoms with E-state index in [9.17, 15) is 14.4 Å². The highest BCUT2D eigenvalue weighted by atomic mass is 16.5. The third-order valence-corrected chi connectivity index (χ3v) is 3.91. The van der Waals surface area contributed by atoms with Gasteiger partial charge in [0.25, 0.3) is 11.8 Å². The largest absolute Gasteiger partial charge is 0.385 e. The number of ether oxygens (including phenoxy) is 2. The molecule has 1 aliphatic rings. The minimum absolute atomic E-state index is 0.307. The molecule has 0 fully saturated rings. The summed E-state index contributed by atoms with van der Waals surface area (Å²) in [6.07, 6.45) is 1.30. The van der Waals surface area contributed by atoms with Gasteiger partial charge in [-0.25, -0.2) is 4.79 Å². The normalized spacial score (nSPS) is 13.1. The van der Waals surface area contributed by atoms with Crippen LogP contribution in [-0.4, -0.2) is 62.8 Å². The molecule has 0 atom stereocenters. The number of benzene rings is 1. The van der Waals surface area contributed by atoms with E-state index in [1.54, 1.807) is 19.2 Å². The zero-order valence-corrected chi connectivity index (χ0v) is 15.2. The van der Waals surface area contributed by atoms with Crippen LogP contribution in [0.25, 0.3) is 0 Å². The topological polar surface area (TPSA) is 97.0 Å². The minimum atomic E-state index is -0.366. The van der Waals surface area contributed by atoms with Gasteiger partial charge in [0.2, 0.25) is 0 Å². The van der Waals surface area contributed by atoms with Crippen molar-refractivity contribution in [1.82, 2.24) is 10.2 Å². The SMILES string of the molecule is CCOCCCNC(=O)Nc1ccc2c(c1)C(=O)N(CCCOC)C2=O. The second-order valence-corrected chi connectivity index (χ2v) is 5.80. The molecule has 0 aromatic heterocycles. The molecule has 142 valence electrons. The number of hydrogen-bond acceptors (Lipinski definition) is 5. The number of amides is 4. The molecular weight excluding hydrogens is 338 g/mol. The standard InChI is InChI=1S/C18H25N3O5/c1-3-26-11-4-8-19-18(24)20-13-6-7-14-15(12-13)17(23)21(16(14)22)9-5-10-25-2/h6-7,12H,3-5,8-11H2,1-2H3,(H2,19,20,24). The number of carbonyl (C=O) groups is 3. The predicted molar refractivity (Wildman–Crippen MR) is 96.4 cm³/mol. The van der Waals surface area contributed by atoms with Crippen molar-refractivity contribution in [3.8, 4) is 0 Å². The van der Waals surface area contributed by atoms with Crippen LogP contribution in [0.4, 0.5) is 10.5 Å². The lowest BCUT2D eigenvalue weighted by molar-refractivity contribution is 0.0638. The number of nitrogens with zero attached hydrogens (tertiary/aromatic N) is 1. The molecule has 0 spiro atoms. The molecule has 26 heavy (non-hydrogen) atoms. The van der Waals surface area contributed by atoms with E-state index in [0.29, 0.717) is 56.1 Å². The highest BCUT2D eigenvalue weighted by molar-refractivity contribution is 6.21. The Kier molecular flexibility index (Phi) is 7.55. The number of methoxy groups -OCH3 is 1. The average Bonchev–Trinajstić information content (AvgIpc) is 2.86. The smallest absolute Gasteiger partial charge is 0.319 e. The van der Waals surface area contributed by atoms with Crippen molar-refractivity contribution in [2.75, 3.05) is 45.3 Å². The van der Waals surface area contributed by atoms with Crippen molar-refractivity contribution in [3.05, 3.63) is 29.3 Å². The molecule has 8 nitrogen and oxygen atoms in total. The Morgan fingerprint density at radius 3 is 2.62 bits per heavy atom. The molecule has 0 unspecified atom stereocenters. The maximum atomic E-state index is 12.4. The summed E-state index contributed by atoms with van der Waals surface area (Å²) in [6.45, 7) is 4.43. The number of hydrogen-bond donors (Lipinski definition) is 2. The van der Waals surface area contributed by atoms with Gasteiger partial charge in [-0.15, -0.1) is 0 Å². The van der Waals surface area contributed by atoms with E-state index < -0.39 is 0 Å². The molecule has 4 amide bonds. The van der Waals surface area contributed by atoms with E-state index in [-0.39, 0.29) is 17.8 Å². The number of carbonyl (C=O) groups excluding carboxylic acids is 3. The van der Waals surface area contributed by atoms with Crippen molar-refractivity contribution < 1.29 is 23.9 Å². The molecule has 1 aromatic carbocycles. The number of urea groups is 1. The maximum Gasteiger partial charge on any atom is 0.319 e. The van der Waals surface area contributed by atoms with Gasteiger partial charge in [-0.1, -0.05) is 0 Å². The molecule has 1 heterocycles. The molecule has 2 rings (SSSR count). The minimum Gasteiger partial charge on any atom is -0.385 e. The zero-order valence-electron chi connectivity index (χ0n) is 15.2. The van der Waals surface area contributed by atoms with Crippen LogP contribution in [0.15, 0.2) is 18.2 Å². The van der Waals surface area contributed by atoms with Gasteiger partial charge in [0.05, 0.1) is 11.1 Å². The van der Waals surface area contributed by atoms with E-state index in [1.165, 1.54) is 11.0 Å². The van der Waals surface area contributed by atoms with Crippen molar-refractivity contribution in [3.63, 3.8) is 0 Å². The van der Waals surface area contributed by atoms with Gasteiger partial charge < -0.3 is 20.1 Å². The van der Waals surface area contributed by atoms with Crippen LogP contribution in [0.2, 0.25) is 0 Å². The zero-order chi connectivity index (χ0) is 18.9. The van der Waals surface area contributed by atoms with Gasteiger partial charge in [-0.05, 0) is 38.0 Å². The van der Waals surface area contributed by atoms with E-state index >= 15 is 0 Å². The molecule has 0 radical (unpaired) electrons. The molecule has 0 saturated heterocycles. The van der Waals surface area contributed by atoms with Crippen molar-refractivity contribution in [2.45, 2.75) is 19.8 Å². The summed E-state index contributed by atoms with van der Waals surface area (Å²) in [5.41, 5.74) is 1.13. The van der Waals surface area contributed by atoms with Gasteiger partial charge in [0, 0.05) is 45.7 Å². The number of nitrogens with one attached hydrogen (secondary N) is 2.